The SMILES string of the molecule is Nc1cc(CN2CCCOc3ccccc32)ccc1O. The lowest BCUT2D eigenvalue weighted by atomic mass is 10.1. The third-order valence-electron chi connectivity index (χ3n) is 3.50. The van der Waals surface area contributed by atoms with Crippen molar-refractivity contribution in [3.05, 3.63) is 48.0 Å². The first-order valence-electron chi connectivity index (χ1n) is 6.78. The molecule has 1 aliphatic heterocycles. The van der Waals surface area contributed by atoms with Gasteiger partial charge in [-0.05, 0) is 36.2 Å². The number of fused-ring (bicyclic) bond motifs is 1. The van der Waals surface area contributed by atoms with Crippen molar-refractivity contribution in [3.63, 3.8) is 0 Å². The fourth-order valence-corrected chi connectivity index (χ4v) is 2.49. The van der Waals surface area contributed by atoms with E-state index in [0.29, 0.717) is 5.69 Å². The molecule has 104 valence electrons. The maximum atomic E-state index is 9.49. The van der Waals surface area contributed by atoms with Crippen LogP contribution in [0.15, 0.2) is 42.5 Å². The summed E-state index contributed by atoms with van der Waals surface area (Å²) in [5, 5.41) is 9.49. The van der Waals surface area contributed by atoms with E-state index in [0.717, 1.165) is 43.1 Å². The predicted octanol–water partition coefficient (Wildman–Crippen LogP) is 2.76. The molecule has 20 heavy (non-hydrogen) atoms. The second kappa shape index (κ2) is 5.33. The van der Waals surface area contributed by atoms with E-state index in [2.05, 4.69) is 11.0 Å². The molecule has 3 rings (SSSR count). The molecule has 0 radical (unpaired) electrons. The fourth-order valence-electron chi connectivity index (χ4n) is 2.49. The summed E-state index contributed by atoms with van der Waals surface area (Å²) >= 11 is 0. The summed E-state index contributed by atoms with van der Waals surface area (Å²) in [6.07, 6.45) is 0.988. The van der Waals surface area contributed by atoms with E-state index in [9.17, 15) is 5.11 Å². The lowest BCUT2D eigenvalue weighted by Gasteiger charge is -2.24. The number of hydrogen-bond acceptors (Lipinski definition) is 4. The Bertz CT molecular complexity index is 613. The molecule has 4 heteroatoms. The molecule has 1 aliphatic rings. The van der Waals surface area contributed by atoms with Gasteiger partial charge in [-0.25, -0.2) is 0 Å². The van der Waals surface area contributed by atoms with Crippen molar-refractivity contribution in [1.82, 2.24) is 0 Å². The molecule has 0 amide bonds. The van der Waals surface area contributed by atoms with Crippen molar-refractivity contribution in [3.8, 4) is 11.5 Å². The summed E-state index contributed by atoms with van der Waals surface area (Å²) in [5.74, 6) is 1.06. The Balaban J connectivity index is 1.88. The zero-order chi connectivity index (χ0) is 13.9. The average molecular weight is 270 g/mol. The van der Waals surface area contributed by atoms with Crippen molar-refractivity contribution >= 4 is 11.4 Å². The van der Waals surface area contributed by atoms with Gasteiger partial charge in [0.1, 0.15) is 11.5 Å². The first-order chi connectivity index (χ1) is 9.74. The topological polar surface area (TPSA) is 58.7 Å². The van der Waals surface area contributed by atoms with Crippen LogP contribution < -0.4 is 15.4 Å². The molecule has 3 N–H and O–H groups in total. The van der Waals surface area contributed by atoms with Gasteiger partial charge in [0.25, 0.3) is 0 Å². The van der Waals surface area contributed by atoms with Gasteiger partial charge in [-0.1, -0.05) is 18.2 Å². The van der Waals surface area contributed by atoms with E-state index in [-0.39, 0.29) is 5.75 Å². The van der Waals surface area contributed by atoms with E-state index < -0.39 is 0 Å². The first-order valence-corrected chi connectivity index (χ1v) is 6.78. The molecule has 0 aliphatic carbocycles. The van der Waals surface area contributed by atoms with Gasteiger partial charge < -0.3 is 20.5 Å². The Morgan fingerprint density at radius 1 is 1.20 bits per heavy atom. The van der Waals surface area contributed by atoms with Crippen LogP contribution in [0.4, 0.5) is 11.4 Å². The van der Waals surface area contributed by atoms with E-state index in [4.69, 9.17) is 10.5 Å². The van der Waals surface area contributed by atoms with Crippen molar-refractivity contribution < 1.29 is 9.84 Å². The molecule has 0 bridgehead atoms. The largest absolute Gasteiger partial charge is 0.506 e. The lowest BCUT2D eigenvalue weighted by Crippen LogP contribution is -2.23. The summed E-state index contributed by atoms with van der Waals surface area (Å²) < 4.78 is 5.75. The molecule has 2 aromatic rings. The quantitative estimate of drug-likeness (QED) is 0.651. The van der Waals surface area contributed by atoms with Gasteiger partial charge in [-0.2, -0.15) is 0 Å². The standard InChI is InChI=1S/C16H18N2O2/c17-13-10-12(6-7-15(13)19)11-18-8-3-9-20-16-5-2-1-4-14(16)18/h1-2,4-7,10,19H,3,8-9,11,17H2. The number of nitrogens with two attached hydrogens (primary N) is 1. The molecule has 0 aromatic heterocycles. The molecule has 0 atom stereocenters. The van der Waals surface area contributed by atoms with Crippen LogP contribution in [0, 0.1) is 0 Å². The number of nitrogens with zero attached hydrogens (tertiary/aromatic N) is 1. The van der Waals surface area contributed by atoms with Gasteiger partial charge in [-0.15, -0.1) is 0 Å². The van der Waals surface area contributed by atoms with Crippen LogP contribution >= 0.6 is 0 Å². The maximum Gasteiger partial charge on any atom is 0.142 e. The highest BCUT2D eigenvalue weighted by Gasteiger charge is 2.16. The molecule has 0 unspecified atom stereocenters. The fraction of sp³-hybridized carbons (Fsp3) is 0.250. The van der Waals surface area contributed by atoms with Crippen LogP contribution in [0.5, 0.6) is 11.5 Å². The van der Waals surface area contributed by atoms with Crippen LogP contribution in [-0.4, -0.2) is 18.3 Å². The van der Waals surface area contributed by atoms with Crippen molar-refractivity contribution in [1.29, 1.82) is 0 Å². The molecular formula is C16H18N2O2. The van der Waals surface area contributed by atoms with Crippen LogP contribution in [-0.2, 0) is 6.54 Å². The van der Waals surface area contributed by atoms with E-state index in [1.165, 1.54) is 0 Å². The number of hydrogen-bond donors (Lipinski definition) is 2. The van der Waals surface area contributed by atoms with Crippen molar-refractivity contribution in [2.45, 2.75) is 13.0 Å². The Hall–Kier alpha value is -2.36. The number of phenolic OH excluding ortho intramolecular Hbond substituents is 1. The molecule has 0 spiro atoms. The van der Waals surface area contributed by atoms with E-state index in [1.807, 2.05) is 30.3 Å². The molecule has 4 nitrogen and oxygen atoms in total. The normalized spacial score (nSPS) is 14.3. The highest BCUT2D eigenvalue weighted by molar-refractivity contribution is 5.60. The number of aromatic hydroxyl groups is 1. The average Bonchev–Trinajstić information content (AvgIpc) is 2.66. The second-order valence-electron chi connectivity index (χ2n) is 4.98. The van der Waals surface area contributed by atoms with Crippen LogP contribution in [0.1, 0.15) is 12.0 Å². The summed E-state index contributed by atoms with van der Waals surface area (Å²) in [6.45, 7) is 2.44. The highest BCUT2D eigenvalue weighted by Crippen LogP contribution is 2.32. The summed E-state index contributed by atoms with van der Waals surface area (Å²) in [6, 6.07) is 13.4. The van der Waals surface area contributed by atoms with E-state index >= 15 is 0 Å². The Morgan fingerprint density at radius 3 is 2.90 bits per heavy atom. The predicted molar refractivity (Wildman–Crippen MR) is 80.1 cm³/mol. The zero-order valence-corrected chi connectivity index (χ0v) is 11.2. The third-order valence-corrected chi connectivity index (χ3v) is 3.50. The number of nitrogen functional groups attached to an aromatic ring is 1. The van der Waals surface area contributed by atoms with Crippen LogP contribution in [0.3, 0.4) is 0 Å². The number of phenols is 1. The van der Waals surface area contributed by atoms with Crippen LogP contribution in [0.2, 0.25) is 0 Å². The summed E-state index contributed by atoms with van der Waals surface area (Å²) in [5.41, 5.74) is 8.36. The molecule has 0 fully saturated rings. The van der Waals surface area contributed by atoms with Gasteiger partial charge in [0.05, 0.1) is 18.0 Å². The number of ether oxygens (including phenoxy) is 1. The number of benzene rings is 2. The lowest BCUT2D eigenvalue weighted by molar-refractivity contribution is 0.322. The third kappa shape index (κ3) is 2.50. The number of para-hydroxylation sites is 2. The first kappa shape index (κ1) is 12.7. The minimum atomic E-state index is 0.133. The van der Waals surface area contributed by atoms with Crippen molar-refractivity contribution in [2.75, 3.05) is 23.8 Å². The Morgan fingerprint density at radius 2 is 2.05 bits per heavy atom. The van der Waals surface area contributed by atoms with Gasteiger partial charge in [0.15, 0.2) is 0 Å². The highest BCUT2D eigenvalue weighted by atomic mass is 16.5. The molecule has 1 heterocycles. The van der Waals surface area contributed by atoms with Crippen molar-refractivity contribution in [2.24, 2.45) is 0 Å². The Labute approximate surface area is 118 Å². The van der Waals surface area contributed by atoms with Gasteiger partial charge in [0.2, 0.25) is 0 Å². The zero-order valence-electron chi connectivity index (χ0n) is 11.2. The summed E-state index contributed by atoms with van der Waals surface area (Å²) in [4.78, 5) is 2.29. The minimum Gasteiger partial charge on any atom is -0.506 e. The minimum absolute atomic E-state index is 0.133. The molecule has 0 saturated heterocycles. The molecule has 0 saturated carbocycles. The number of rotatable bonds is 2. The Kier molecular flexibility index (Phi) is 3.37. The van der Waals surface area contributed by atoms with E-state index in [1.54, 1.807) is 6.07 Å². The van der Waals surface area contributed by atoms with Crippen LogP contribution in [0.25, 0.3) is 0 Å². The smallest absolute Gasteiger partial charge is 0.142 e. The molecule has 2 aromatic carbocycles. The van der Waals surface area contributed by atoms with Gasteiger partial charge in [-0.3, -0.25) is 0 Å². The maximum absolute atomic E-state index is 9.49. The molecular weight excluding hydrogens is 252 g/mol. The monoisotopic (exact) mass is 270 g/mol. The van der Waals surface area contributed by atoms with Gasteiger partial charge >= 0.3 is 0 Å². The van der Waals surface area contributed by atoms with Gasteiger partial charge in [0, 0.05) is 13.1 Å². The second-order valence-corrected chi connectivity index (χ2v) is 4.98. The summed E-state index contributed by atoms with van der Waals surface area (Å²) in [7, 11) is 0. The number of anilines is 2.